The van der Waals surface area contributed by atoms with Gasteiger partial charge in [0.1, 0.15) is 17.2 Å². The molecular weight excluding hydrogens is 590 g/mol. The Balaban J connectivity index is 0.000000541. The van der Waals surface area contributed by atoms with Crippen molar-refractivity contribution < 1.29 is 45.8 Å². The van der Waals surface area contributed by atoms with Crippen LogP contribution in [0.5, 0.6) is 11.5 Å². The van der Waals surface area contributed by atoms with E-state index in [0.717, 1.165) is 12.1 Å². The number of amides is 1. The van der Waals surface area contributed by atoms with E-state index < -0.39 is 29.8 Å². The molecule has 0 aliphatic heterocycles. The average Bonchev–Trinajstić information content (AvgIpc) is 3.48. The number of H-pyrrole nitrogens is 1. The number of carboxylic acids is 1. The van der Waals surface area contributed by atoms with Crippen molar-refractivity contribution in [3.63, 3.8) is 0 Å². The van der Waals surface area contributed by atoms with Crippen LogP contribution in [-0.2, 0) is 11.0 Å². The summed E-state index contributed by atoms with van der Waals surface area (Å²) in [6.45, 7) is 0. The van der Waals surface area contributed by atoms with Crippen LogP contribution in [0.25, 0.3) is 22.3 Å². The van der Waals surface area contributed by atoms with Crippen molar-refractivity contribution in [3.8, 4) is 22.9 Å². The number of ether oxygens (including phenoxy) is 1. The molecule has 0 saturated carbocycles. The Kier molecular flexibility index (Phi) is 8.39. The van der Waals surface area contributed by atoms with Crippen molar-refractivity contribution in [1.82, 2.24) is 30.6 Å². The summed E-state index contributed by atoms with van der Waals surface area (Å²) in [6.07, 6.45) is -9.55. The van der Waals surface area contributed by atoms with Crippen LogP contribution in [0, 0.1) is 0 Å². The molecule has 2 aromatic heterocycles. The lowest BCUT2D eigenvalue weighted by Gasteiger charge is -2.13. The van der Waals surface area contributed by atoms with Crippen LogP contribution >= 0.6 is 0 Å². The van der Waals surface area contributed by atoms with E-state index in [9.17, 15) is 31.1 Å². The molecule has 18 heteroatoms. The van der Waals surface area contributed by atoms with Crippen molar-refractivity contribution >= 4 is 34.4 Å². The molecule has 5 N–H and O–H groups in total. The molecule has 3 aromatic carbocycles. The molecule has 0 bridgehead atoms. The highest BCUT2D eigenvalue weighted by Crippen LogP contribution is 2.35. The van der Waals surface area contributed by atoms with E-state index in [4.69, 9.17) is 20.4 Å². The van der Waals surface area contributed by atoms with Gasteiger partial charge in [-0.25, -0.2) is 14.8 Å². The number of fused-ring (bicyclic) bond motifs is 1. The second-order valence-corrected chi connectivity index (χ2v) is 8.28. The highest BCUT2D eigenvalue weighted by molar-refractivity contribution is 6.11. The SMILES string of the molecule is Nc1nc(C(=O)Nc2ccc(Oc3ccc(C(F)(F)F)cc3)c(-c3nn[nH]n3)c2)c2ccccc2n1.O=C(O)C(F)(F)F. The zero-order chi connectivity index (χ0) is 31.4. The zero-order valence-electron chi connectivity index (χ0n) is 21.1. The number of benzene rings is 3. The van der Waals surface area contributed by atoms with Crippen molar-refractivity contribution in [3.05, 3.63) is 78.0 Å². The summed E-state index contributed by atoms with van der Waals surface area (Å²) in [6, 6.07) is 15.8. The number of hydrogen-bond acceptors (Lipinski definition) is 9. The van der Waals surface area contributed by atoms with E-state index in [1.165, 1.54) is 24.3 Å². The van der Waals surface area contributed by atoms with Crippen molar-refractivity contribution in [1.29, 1.82) is 0 Å². The molecule has 0 atom stereocenters. The van der Waals surface area contributed by atoms with Gasteiger partial charge in [0.25, 0.3) is 5.91 Å². The zero-order valence-corrected chi connectivity index (χ0v) is 21.1. The summed E-state index contributed by atoms with van der Waals surface area (Å²) in [4.78, 5) is 30.1. The summed E-state index contributed by atoms with van der Waals surface area (Å²) >= 11 is 0. The van der Waals surface area contributed by atoms with Crippen LogP contribution in [0.15, 0.2) is 66.7 Å². The van der Waals surface area contributed by atoms with E-state index in [0.29, 0.717) is 22.2 Å². The number of alkyl halides is 6. The van der Waals surface area contributed by atoms with Crippen molar-refractivity contribution in [2.75, 3.05) is 11.1 Å². The lowest BCUT2D eigenvalue weighted by molar-refractivity contribution is -0.192. The topological polar surface area (TPSA) is 182 Å². The number of carbonyl (C=O) groups is 2. The molecule has 0 radical (unpaired) electrons. The Hall–Kier alpha value is -5.81. The number of hydrogen-bond donors (Lipinski definition) is 4. The third kappa shape index (κ3) is 7.48. The minimum absolute atomic E-state index is 0.0494. The molecule has 5 rings (SSSR count). The van der Waals surface area contributed by atoms with Crippen LogP contribution in [0.1, 0.15) is 16.1 Å². The van der Waals surface area contributed by atoms with Gasteiger partial charge in [0, 0.05) is 11.1 Å². The van der Waals surface area contributed by atoms with Gasteiger partial charge < -0.3 is 20.9 Å². The smallest absolute Gasteiger partial charge is 0.475 e. The first kappa shape index (κ1) is 30.2. The molecule has 43 heavy (non-hydrogen) atoms. The van der Waals surface area contributed by atoms with Crippen molar-refractivity contribution in [2.45, 2.75) is 12.4 Å². The van der Waals surface area contributed by atoms with Gasteiger partial charge in [0.15, 0.2) is 0 Å². The maximum absolute atomic E-state index is 13.0. The van der Waals surface area contributed by atoms with Gasteiger partial charge >= 0.3 is 18.3 Å². The number of nitrogens with two attached hydrogens (primary N) is 1. The quantitative estimate of drug-likeness (QED) is 0.197. The van der Waals surface area contributed by atoms with Gasteiger partial charge in [-0.15, -0.1) is 10.2 Å². The normalized spacial score (nSPS) is 11.4. The van der Waals surface area contributed by atoms with Gasteiger partial charge in [0.05, 0.1) is 16.6 Å². The lowest BCUT2D eigenvalue weighted by Crippen LogP contribution is -2.21. The van der Waals surface area contributed by atoms with Gasteiger partial charge in [-0.2, -0.15) is 31.6 Å². The van der Waals surface area contributed by atoms with E-state index in [1.807, 2.05) is 0 Å². The molecule has 12 nitrogen and oxygen atoms in total. The minimum atomic E-state index is -5.08. The number of carboxylic acid groups (broad SMARTS) is 1. The number of aliphatic carboxylic acids is 1. The van der Waals surface area contributed by atoms with Crippen molar-refractivity contribution in [2.24, 2.45) is 0 Å². The first-order valence-electron chi connectivity index (χ1n) is 11.6. The third-order valence-corrected chi connectivity index (χ3v) is 5.31. The minimum Gasteiger partial charge on any atom is -0.475 e. The van der Waals surface area contributed by atoms with Crippen LogP contribution in [0.3, 0.4) is 0 Å². The molecule has 0 aliphatic carbocycles. The number of carbonyl (C=O) groups excluding carboxylic acids is 1. The lowest BCUT2D eigenvalue weighted by atomic mass is 10.1. The second-order valence-electron chi connectivity index (χ2n) is 8.28. The van der Waals surface area contributed by atoms with Gasteiger partial charge in [-0.1, -0.05) is 18.2 Å². The molecule has 0 spiro atoms. The molecular formula is C25H16F6N8O4. The Morgan fingerprint density at radius 2 is 1.60 bits per heavy atom. The fraction of sp³-hybridized carbons (Fsp3) is 0.0800. The van der Waals surface area contributed by atoms with Gasteiger partial charge in [-0.05, 0) is 53.7 Å². The summed E-state index contributed by atoms with van der Waals surface area (Å²) in [7, 11) is 0. The standard InChI is InChI=1S/C23H15F3N8O2.C2HF3O2/c24-23(25,26)12-5-8-14(9-6-12)36-18-10-7-13(11-16(18)20-31-33-34-32-20)28-21(35)19-15-3-1-2-4-17(15)29-22(27)30-19;3-2(4,5)1(6)7/h1-11H,(H,28,35)(H2,27,29,30)(H,31,32,33,34);(H,6,7). The Morgan fingerprint density at radius 1 is 0.930 bits per heavy atom. The predicted molar refractivity (Wildman–Crippen MR) is 137 cm³/mol. The number of tetrazole rings is 1. The number of halogens is 6. The molecule has 0 fully saturated rings. The number of para-hydroxylation sites is 1. The van der Waals surface area contributed by atoms with E-state index in [2.05, 4.69) is 35.9 Å². The first-order valence-corrected chi connectivity index (χ1v) is 11.6. The predicted octanol–water partition coefficient (Wildman–Crippen LogP) is 5.09. The van der Waals surface area contributed by atoms with Gasteiger partial charge in [-0.3, -0.25) is 4.79 Å². The highest BCUT2D eigenvalue weighted by Gasteiger charge is 2.38. The highest BCUT2D eigenvalue weighted by atomic mass is 19.4. The van der Waals surface area contributed by atoms with Gasteiger partial charge in [0.2, 0.25) is 11.8 Å². The largest absolute Gasteiger partial charge is 0.490 e. The number of nitrogen functional groups attached to an aromatic ring is 1. The fourth-order valence-electron chi connectivity index (χ4n) is 3.44. The Labute approximate surface area is 235 Å². The van der Waals surface area contributed by atoms with E-state index in [1.54, 1.807) is 30.3 Å². The summed E-state index contributed by atoms with van der Waals surface area (Å²) in [5, 5.41) is 24.1. The Bertz CT molecular complexity index is 1760. The van der Waals surface area contributed by atoms with Crippen LogP contribution in [0.4, 0.5) is 38.0 Å². The maximum Gasteiger partial charge on any atom is 0.490 e. The number of rotatable bonds is 5. The Morgan fingerprint density at radius 3 is 2.21 bits per heavy atom. The molecule has 0 aliphatic rings. The van der Waals surface area contributed by atoms with Crippen LogP contribution in [-0.4, -0.2) is 53.8 Å². The molecule has 1 amide bonds. The van der Waals surface area contributed by atoms with E-state index >= 15 is 0 Å². The monoisotopic (exact) mass is 606 g/mol. The second kappa shape index (κ2) is 12.0. The summed E-state index contributed by atoms with van der Waals surface area (Å²) in [5.41, 5.74) is 6.24. The first-order chi connectivity index (χ1) is 20.2. The molecule has 0 unspecified atom stereocenters. The summed E-state index contributed by atoms with van der Waals surface area (Å²) in [5.74, 6) is -2.81. The van der Waals surface area contributed by atoms with E-state index in [-0.39, 0.29) is 29.0 Å². The number of nitrogens with zero attached hydrogens (tertiary/aromatic N) is 5. The number of nitrogens with one attached hydrogen (secondary N) is 2. The summed E-state index contributed by atoms with van der Waals surface area (Å²) < 4.78 is 76.1. The molecule has 0 saturated heterocycles. The van der Waals surface area contributed by atoms with Crippen LogP contribution < -0.4 is 15.8 Å². The number of anilines is 2. The number of aromatic nitrogens is 6. The average molecular weight is 606 g/mol. The molecule has 5 aromatic rings. The maximum atomic E-state index is 13.0. The third-order valence-electron chi connectivity index (χ3n) is 5.31. The molecule has 222 valence electrons. The fourth-order valence-corrected chi connectivity index (χ4v) is 3.44. The number of aromatic amines is 1. The molecule has 2 heterocycles. The van der Waals surface area contributed by atoms with Crippen LogP contribution in [0.2, 0.25) is 0 Å².